The van der Waals surface area contributed by atoms with E-state index in [0.29, 0.717) is 6.07 Å². The Bertz CT molecular complexity index is 486. The topological polar surface area (TPSA) is 112 Å². The van der Waals surface area contributed by atoms with Gasteiger partial charge in [-0.05, 0) is 12.1 Å². The zero-order chi connectivity index (χ0) is 10.9. The third kappa shape index (κ3) is 3.83. The maximum absolute atomic E-state index is 10.6. The molecule has 0 bridgehead atoms. The van der Waals surface area contributed by atoms with Crippen molar-refractivity contribution >= 4 is 16.1 Å². The largest absolute Gasteiger partial charge is 1.00 e. The zero-order valence-corrected chi connectivity index (χ0v) is 11.6. The first-order chi connectivity index (χ1) is 6.32. The van der Waals surface area contributed by atoms with Gasteiger partial charge in [0.15, 0.2) is 0 Å². The molecule has 0 atom stereocenters. The minimum Gasteiger partial charge on any atom is -1.00 e. The van der Waals surface area contributed by atoms with Crippen LogP contribution in [0.15, 0.2) is 23.1 Å². The van der Waals surface area contributed by atoms with E-state index in [1.54, 1.807) is 0 Å². The summed E-state index contributed by atoms with van der Waals surface area (Å²) in [6.07, 6.45) is 0. The summed E-state index contributed by atoms with van der Waals surface area (Å²) in [5, 5.41) is 17.6. The standard InChI is InChI=1S/C7H6O6S.K.H/c8-6-3-4(14(11,12)13)1-2-5(6)7(9)10;;/h1-3,8H,(H,9,10)(H,11,12,13);;/q;+1;-1. The average molecular weight is 258 g/mol. The minimum absolute atomic E-state index is 0. The summed E-state index contributed by atoms with van der Waals surface area (Å²) in [6, 6.07) is 2.44. The van der Waals surface area contributed by atoms with Crippen molar-refractivity contribution in [2.75, 3.05) is 0 Å². The summed E-state index contributed by atoms with van der Waals surface area (Å²) in [6.45, 7) is 0. The van der Waals surface area contributed by atoms with E-state index in [2.05, 4.69) is 0 Å². The monoisotopic (exact) mass is 258 g/mol. The van der Waals surface area contributed by atoms with Gasteiger partial charge in [-0.15, -0.1) is 0 Å². The first-order valence-corrected chi connectivity index (χ1v) is 4.80. The van der Waals surface area contributed by atoms with Gasteiger partial charge in [-0.2, -0.15) is 8.42 Å². The molecule has 0 aliphatic heterocycles. The maximum atomic E-state index is 10.6. The number of aromatic hydroxyl groups is 1. The summed E-state index contributed by atoms with van der Waals surface area (Å²) in [4.78, 5) is 9.86. The van der Waals surface area contributed by atoms with Gasteiger partial charge in [-0.3, -0.25) is 4.55 Å². The Morgan fingerprint density at radius 1 is 1.33 bits per heavy atom. The van der Waals surface area contributed by atoms with Crippen LogP contribution in [0.5, 0.6) is 5.75 Å². The van der Waals surface area contributed by atoms with Crippen LogP contribution in [0.3, 0.4) is 0 Å². The number of carbonyl (C=O) groups is 1. The van der Waals surface area contributed by atoms with Crippen LogP contribution in [-0.4, -0.2) is 29.2 Å². The summed E-state index contributed by atoms with van der Waals surface area (Å²) >= 11 is 0. The number of phenols is 1. The van der Waals surface area contributed by atoms with Crippen molar-refractivity contribution in [3.63, 3.8) is 0 Å². The molecule has 6 nitrogen and oxygen atoms in total. The van der Waals surface area contributed by atoms with Gasteiger partial charge < -0.3 is 11.6 Å². The predicted molar refractivity (Wildman–Crippen MR) is 46.0 cm³/mol. The quantitative estimate of drug-likeness (QED) is 0.398. The van der Waals surface area contributed by atoms with E-state index in [4.69, 9.17) is 14.8 Å². The summed E-state index contributed by atoms with van der Waals surface area (Å²) in [5.41, 5.74) is -0.433. The number of aromatic carboxylic acids is 1. The third-order valence-corrected chi connectivity index (χ3v) is 2.35. The molecule has 0 aromatic heterocycles. The molecule has 0 spiro atoms. The van der Waals surface area contributed by atoms with E-state index in [9.17, 15) is 13.2 Å². The molecular weight excluding hydrogens is 251 g/mol. The Balaban J connectivity index is 0. The van der Waals surface area contributed by atoms with Crippen molar-refractivity contribution in [3.8, 4) is 5.75 Å². The van der Waals surface area contributed by atoms with Crippen LogP contribution in [0.4, 0.5) is 0 Å². The Hall–Kier alpha value is 0.0364. The second-order valence-corrected chi connectivity index (χ2v) is 3.88. The maximum Gasteiger partial charge on any atom is 1.00 e. The molecule has 1 aromatic carbocycles. The Labute approximate surface area is 130 Å². The number of benzene rings is 1. The van der Waals surface area contributed by atoms with Crippen molar-refractivity contribution in [3.05, 3.63) is 23.8 Å². The van der Waals surface area contributed by atoms with E-state index in [1.807, 2.05) is 0 Å². The summed E-state index contributed by atoms with van der Waals surface area (Å²) in [7, 11) is -4.42. The van der Waals surface area contributed by atoms with Crippen LogP contribution in [0.1, 0.15) is 11.8 Å². The van der Waals surface area contributed by atoms with E-state index in [-0.39, 0.29) is 52.8 Å². The normalized spacial score (nSPS) is 10.5. The molecule has 78 valence electrons. The van der Waals surface area contributed by atoms with Crippen LogP contribution in [-0.2, 0) is 10.1 Å². The molecule has 0 heterocycles. The number of rotatable bonds is 2. The molecule has 0 radical (unpaired) electrons. The minimum atomic E-state index is -4.42. The molecule has 0 saturated heterocycles. The molecule has 0 aliphatic rings. The predicted octanol–water partition coefficient (Wildman–Crippen LogP) is -2.55. The van der Waals surface area contributed by atoms with Crippen molar-refractivity contribution in [1.29, 1.82) is 0 Å². The first-order valence-electron chi connectivity index (χ1n) is 3.36. The van der Waals surface area contributed by atoms with E-state index < -0.39 is 32.3 Å². The molecule has 3 N–H and O–H groups in total. The second-order valence-electron chi connectivity index (χ2n) is 2.46. The third-order valence-electron chi connectivity index (χ3n) is 1.50. The molecule has 0 unspecified atom stereocenters. The van der Waals surface area contributed by atoms with Crippen LogP contribution in [0, 0.1) is 0 Å². The molecule has 0 saturated carbocycles. The van der Waals surface area contributed by atoms with Gasteiger partial charge in [0.2, 0.25) is 0 Å². The molecule has 0 fully saturated rings. The van der Waals surface area contributed by atoms with Gasteiger partial charge in [0.05, 0.1) is 4.90 Å². The molecule has 0 amide bonds. The molecule has 15 heavy (non-hydrogen) atoms. The van der Waals surface area contributed by atoms with Gasteiger partial charge in [0.1, 0.15) is 11.3 Å². The zero-order valence-electron chi connectivity index (χ0n) is 8.71. The SMILES string of the molecule is O=C(O)c1ccc(S(=O)(=O)O)cc1O.[H-].[K+]. The summed E-state index contributed by atoms with van der Waals surface area (Å²) in [5.74, 6) is -2.10. The van der Waals surface area contributed by atoms with Crippen LogP contribution in [0.25, 0.3) is 0 Å². The van der Waals surface area contributed by atoms with Crippen molar-refractivity contribution in [2.24, 2.45) is 0 Å². The van der Waals surface area contributed by atoms with Gasteiger partial charge in [0.25, 0.3) is 10.1 Å². The van der Waals surface area contributed by atoms with E-state index in [1.165, 1.54) is 0 Å². The van der Waals surface area contributed by atoms with Crippen LogP contribution in [0.2, 0.25) is 0 Å². The first kappa shape index (κ1) is 15.0. The van der Waals surface area contributed by atoms with Gasteiger partial charge in [-0.1, -0.05) is 0 Å². The number of hydrogen-bond donors (Lipinski definition) is 3. The molecule has 1 rings (SSSR count). The smallest absolute Gasteiger partial charge is 1.00 e. The molecule has 1 aromatic rings. The van der Waals surface area contributed by atoms with Crippen molar-refractivity contribution in [2.45, 2.75) is 4.90 Å². The second kappa shape index (κ2) is 5.39. The van der Waals surface area contributed by atoms with E-state index in [0.717, 1.165) is 12.1 Å². The number of hydrogen-bond acceptors (Lipinski definition) is 4. The average Bonchev–Trinajstić information content (AvgIpc) is 2.01. The fourth-order valence-electron chi connectivity index (χ4n) is 0.853. The fourth-order valence-corrected chi connectivity index (χ4v) is 1.35. The Morgan fingerprint density at radius 3 is 2.20 bits per heavy atom. The Kier molecular flexibility index (Phi) is 5.40. The van der Waals surface area contributed by atoms with Gasteiger partial charge in [0, 0.05) is 6.07 Å². The molecular formula is C7H7KO6S. The van der Waals surface area contributed by atoms with E-state index >= 15 is 0 Å². The fraction of sp³-hybridized carbons (Fsp3) is 0. The van der Waals surface area contributed by atoms with Crippen LogP contribution < -0.4 is 51.4 Å². The van der Waals surface area contributed by atoms with Crippen LogP contribution >= 0.6 is 0 Å². The van der Waals surface area contributed by atoms with Gasteiger partial charge >= 0.3 is 57.4 Å². The van der Waals surface area contributed by atoms with Crippen molar-refractivity contribution in [1.82, 2.24) is 0 Å². The molecule has 0 aliphatic carbocycles. The molecule has 8 heteroatoms. The van der Waals surface area contributed by atoms with Crippen molar-refractivity contribution < 1.29 is 80.8 Å². The Morgan fingerprint density at radius 2 is 1.87 bits per heavy atom. The number of carboxylic acids is 1. The summed E-state index contributed by atoms with van der Waals surface area (Å²) < 4.78 is 29.7. The van der Waals surface area contributed by atoms with Gasteiger partial charge in [-0.25, -0.2) is 4.79 Å². The number of carboxylic acid groups (broad SMARTS) is 1.